The third-order valence-corrected chi connectivity index (χ3v) is 7.94. The molecule has 0 aliphatic heterocycles. The summed E-state index contributed by atoms with van der Waals surface area (Å²) in [5.41, 5.74) is 1.60. The lowest BCUT2D eigenvalue weighted by atomic mass is 10.0. The molecule has 1 aliphatic carbocycles. The first-order valence-electron chi connectivity index (χ1n) is 8.26. The third kappa shape index (κ3) is 3.37. The molecule has 2 aromatic rings. The maximum Gasteiger partial charge on any atom is 0.341 e. The lowest BCUT2D eigenvalue weighted by Crippen LogP contribution is -2.26. The number of benzene rings is 1. The van der Waals surface area contributed by atoms with Gasteiger partial charge in [0.25, 0.3) is 0 Å². The van der Waals surface area contributed by atoms with Gasteiger partial charge in [0.15, 0.2) is 0 Å². The van der Waals surface area contributed by atoms with Crippen LogP contribution in [0.1, 0.15) is 35.5 Å². The van der Waals surface area contributed by atoms with Crippen LogP contribution in [0.4, 0.5) is 5.00 Å². The second-order valence-corrected chi connectivity index (χ2v) is 11.5. The monoisotopic (exact) mass is 499 g/mol. The average Bonchev–Trinajstić information content (AvgIpc) is 2.95. The fourth-order valence-electron chi connectivity index (χ4n) is 2.87. The summed E-state index contributed by atoms with van der Waals surface area (Å²) in [5, 5.41) is 3.49. The van der Waals surface area contributed by atoms with Gasteiger partial charge in [-0.3, -0.25) is 4.79 Å². The van der Waals surface area contributed by atoms with Crippen LogP contribution in [0.5, 0.6) is 0 Å². The Morgan fingerprint density at radius 1 is 1.27 bits per heavy atom. The molecule has 1 heterocycles. The van der Waals surface area contributed by atoms with Crippen LogP contribution in [0.3, 0.4) is 0 Å². The minimum atomic E-state index is -0.566. The van der Waals surface area contributed by atoms with E-state index in [-0.39, 0.29) is 12.5 Å². The maximum absolute atomic E-state index is 12.8. The molecule has 7 heteroatoms. The van der Waals surface area contributed by atoms with Crippen molar-refractivity contribution in [2.24, 2.45) is 5.41 Å². The molecule has 1 fully saturated rings. The number of ether oxygens (including phenoxy) is 1. The molecule has 1 amide bonds. The molecule has 1 saturated carbocycles. The van der Waals surface area contributed by atoms with Crippen molar-refractivity contribution in [1.29, 1.82) is 0 Å². The van der Waals surface area contributed by atoms with Gasteiger partial charge in [0.1, 0.15) is 10.6 Å². The minimum Gasteiger partial charge on any atom is -0.462 e. The van der Waals surface area contributed by atoms with Gasteiger partial charge in [0, 0.05) is 10.4 Å². The number of nitrogens with one attached hydrogen (secondary N) is 1. The number of hydrogen-bond acceptors (Lipinski definition) is 4. The number of amides is 1. The van der Waals surface area contributed by atoms with E-state index in [0.29, 0.717) is 17.0 Å². The highest BCUT2D eigenvalue weighted by molar-refractivity contribution is 9.25. The van der Waals surface area contributed by atoms with E-state index >= 15 is 0 Å². The van der Waals surface area contributed by atoms with Gasteiger partial charge >= 0.3 is 5.97 Å². The van der Waals surface area contributed by atoms with Crippen molar-refractivity contribution in [3.63, 3.8) is 0 Å². The number of thiophene rings is 1. The van der Waals surface area contributed by atoms with Gasteiger partial charge in [-0.15, -0.1) is 11.3 Å². The summed E-state index contributed by atoms with van der Waals surface area (Å²) in [6.07, 6.45) is 0.677. The first kappa shape index (κ1) is 19.6. The maximum atomic E-state index is 12.8. The first-order chi connectivity index (χ1) is 12.2. The molecule has 1 aromatic carbocycles. The zero-order chi connectivity index (χ0) is 19.1. The van der Waals surface area contributed by atoms with Crippen LogP contribution in [-0.2, 0) is 9.53 Å². The summed E-state index contributed by atoms with van der Waals surface area (Å²) in [4.78, 5) is 26.4. The van der Waals surface area contributed by atoms with Crippen molar-refractivity contribution < 1.29 is 14.3 Å². The van der Waals surface area contributed by atoms with Gasteiger partial charge in [-0.2, -0.15) is 0 Å². The molecule has 1 N–H and O–H groups in total. The highest BCUT2D eigenvalue weighted by Gasteiger charge is 2.66. The number of aryl methyl sites for hydroxylation is 1. The van der Waals surface area contributed by atoms with E-state index in [4.69, 9.17) is 4.74 Å². The average molecular weight is 501 g/mol. The van der Waals surface area contributed by atoms with E-state index in [0.717, 1.165) is 16.0 Å². The third-order valence-electron chi connectivity index (χ3n) is 4.61. The zero-order valence-corrected chi connectivity index (χ0v) is 18.7. The minimum absolute atomic E-state index is 0.127. The van der Waals surface area contributed by atoms with Crippen LogP contribution in [0.15, 0.2) is 30.3 Å². The second kappa shape index (κ2) is 7.09. The summed E-state index contributed by atoms with van der Waals surface area (Å²) in [6, 6.07) is 9.68. The van der Waals surface area contributed by atoms with E-state index in [9.17, 15) is 9.59 Å². The number of hydrogen-bond donors (Lipinski definition) is 1. The Kier molecular flexibility index (Phi) is 5.34. The lowest BCUT2D eigenvalue weighted by Gasteiger charge is -2.13. The highest BCUT2D eigenvalue weighted by Crippen LogP contribution is 2.66. The summed E-state index contributed by atoms with van der Waals surface area (Å²) in [6.45, 7) is 5.88. The van der Waals surface area contributed by atoms with Crippen molar-refractivity contribution in [2.45, 2.75) is 30.4 Å². The van der Waals surface area contributed by atoms with E-state index in [1.165, 1.54) is 11.3 Å². The van der Waals surface area contributed by atoms with Gasteiger partial charge in [0.05, 0.1) is 15.3 Å². The molecule has 26 heavy (non-hydrogen) atoms. The van der Waals surface area contributed by atoms with Gasteiger partial charge in [-0.1, -0.05) is 62.2 Å². The van der Waals surface area contributed by atoms with E-state index < -0.39 is 14.6 Å². The Hall–Kier alpha value is -1.18. The van der Waals surface area contributed by atoms with Crippen LogP contribution in [0, 0.1) is 12.3 Å². The van der Waals surface area contributed by atoms with Crippen LogP contribution < -0.4 is 5.32 Å². The summed E-state index contributed by atoms with van der Waals surface area (Å²) < 4.78 is 4.87. The number of halogens is 2. The molecular formula is C19H19Br2NO3S. The van der Waals surface area contributed by atoms with Crippen molar-refractivity contribution >= 4 is 60.1 Å². The molecule has 1 aromatic heterocycles. The van der Waals surface area contributed by atoms with Crippen molar-refractivity contribution in [2.75, 3.05) is 11.9 Å². The number of esters is 1. The number of alkyl halides is 2. The Balaban J connectivity index is 2.03. The van der Waals surface area contributed by atoms with Gasteiger partial charge < -0.3 is 10.1 Å². The Labute approximate surface area is 173 Å². The van der Waals surface area contributed by atoms with E-state index in [2.05, 4.69) is 37.2 Å². The number of carbonyl (C=O) groups is 2. The molecule has 1 aliphatic rings. The van der Waals surface area contributed by atoms with Crippen molar-refractivity contribution in [3.05, 3.63) is 40.8 Å². The molecule has 138 valence electrons. The lowest BCUT2D eigenvalue weighted by molar-refractivity contribution is -0.120. The molecule has 0 spiro atoms. The smallest absolute Gasteiger partial charge is 0.341 e. The number of carbonyl (C=O) groups excluding carboxylic acids is 2. The predicted octanol–water partition coefficient (Wildman–Crippen LogP) is 5.73. The van der Waals surface area contributed by atoms with Crippen LogP contribution in [0.2, 0.25) is 0 Å². The van der Waals surface area contributed by atoms with Gasteiger partial charge in [-0.05, 0) is 32.8 Å². The van der Waals surface area contributed by atoms with E-state index in [1.54, 1.807) is 6.92 Å². The first-order valence-corrected chi connectivity index (χ1v) is 10.7. The Morgan fingerprint density at radius 3 is 2.42 bits per heavy atom. The highest BCUT2D eigenvalue weighted by atomic mass is 79.9. The molecule has 0 saturated heterocycles. The number of rotatable bonds is 5. The molecule has 0 unspecified atom stereocenters. The molecule has 3 rings (SSSR count). The quantitative estimate of drug-likeness (QED) is 0.421. The molecule has 1 atom stereocenters. The number of anilines is 1. The molecule has 0 radical (unpaired) electrons. The predicted molar refractivity (Wildman–Crippen MR) is 112 cm³/mol. The largest absolute Gasteiger partial charge is 0.462 e. The summed E-state index contributed by atoms with van der Waals surface area (Å²) >= 11 is 8.44. The fourth-order valence-corrected chi connectivity index (χ4v) is 5.41. The zero-order valence-electron chi connectivity index (χ0n) is 14.7. The standard InChI is InChI=1S/C19H19Br2NO3S/c1-4-25-16(23)14-13(12-8-6-5-7-9-12)11(2)26-15(14)22-17(24)18(3)10-19(18,20)21/h5-9H,4,10H2,1-3H3,(H,22,24)/t18-/m0/s1. The van der Waals surface area contributed by atoms with Crippen molar-refractivity contribution in [3.8, 4) is 11.1 Å². The van der Waals surface area contributed by atoms with Crippen molar-refractivity contribution in [1.82, 2.24) is 0 Å². The molecule has 0 bridgehead atoms. The Bertz CT molecular complexity index is 863. The van der Waals surface area contributed by atoms with Crippen LogP contribution in [-0.4, -0.2) is 21.7 Å². The van der Waals surface area contributed by atoms with Gasteiger partial charge in [-0.25, -0.2) is 4.79 Å². The Morgan fingerprint density at radius 2 is 1.88 bits per heavy atom. The van der Waals surface area contributed by atoms with Gasteiger partial charge in [0.2, 0.25) is 5.91 Å². The van der Waals surface area contributed by atoms with E-state index in [1.807, 2.05) is 44.2 Å². The van der Waals surface area contributed by atoms with Crippen LogP contribution in [0.25, 0.3) is 11.1 Å². The molecule has 4 nitrogen and oxygen atoms in total. The second-order valence-electron chi connectivity index (χ2n) is 6.49. The normalized spacial score (nSPS) is 20.5. The summed E-state index contributed by atoms with van der Waals surface area (Å²) in [7, 11) is 0. The van der Waals surface area contributed by atoms with Crippen LogP contribution >= 0.6 is 43.2 Å². The molecular weight excluding hydrogens is 482 g/mol. The topological polar surface area (TPSA) is 55.4 Å². The fraction of sp³-hybridized carbons (Fsp3) is 0.368. The SMILES string of the molecule is CCOC(=O)c1c(NC(=O)[C@]2(C)CC2(Br)Br)sc(C)c1-c1ccccc1. The summed E-state index contributed by atoms with van der Waals surface area (Å²) in [5.74, 6) is -0.548.